The molecule has 0 fully saturated rings. The van der Waals surface area contributed by atoms with Crippen LogP contribution in [-0.2, 0) is 0 Å². The van der Waals surface area contributed by atoms with E-state index in [-0.39, 0.29) is 5.56 Å². The quantitative estimate of drug-likeness (QED) is 0.736. The molecule has 0 saturated heterocycles. The minimum Gasteiger partial charge on any atom is -0.328 e. The smallest absolute Gasteiger partial charge is 0.261 e. The van der Waals surface area contributed by atoms with E-state index in [1.54, 1.807) is 12.1 Å². The molecule has 2 aromatic rings. The molecule has 0 radical (unpaired) electrons. The highest BCUT2D eigenvalue weighted by Gasteiger charge is 2.10. The van der Waals surface area contributed by atoms with Crippen LogP contribution in [0.4, 0.5) is 5.69 Å². The minimum absolute atomic E-state index is 0.0930. The van der Waals surface area contributed by atoms with Gasteiger partial charge in [-0.3, -0.25) is 9.59 Å². The maximum Gasteiger partial charge on any atom is 0.261 e. The Hall–Kier alpha value is -1.15. The van der Waals surface area contributed by atoms with Gasteiger partial charge in [-0.2, -0.15) is 0 Å². The number of aromatic nitrogens is 1. The normalized spacial score (nSPS) is 10.1. The Morgan fingerprint density at radius 3 is 2.78 bits per heavy atom. The number of anilines is 1. The van der Waals surface area contributed by atoms with Crippen LogP contribution in [0.5, 0.6) is 0 Å². The van der Waals surface area contributed by atoms with Crippen molar-refractivity contribution in [2.45, 2.75) is 0 Å². The van der Waals surface area contributed by atoms with Gasteiger partial charge in [0.15, 0.2) is 0 Å². The molecule has 4 nitrogen and oxygen atoms in total. The predicted octanol–water partition coefficient (Wildman–Crippen LogP) is 2.99. The van der Waals surface area contributed by atoms with Crippen LogP contribution in [0.2, 0.25) is 0 Å². The number of aromatic amines is 1. The van der Waals surface area contributed by atoms with Gasteiger partial charge in [-0.1, -0.05) is 0 Å². The van der Waals surface area contributed by atoms with Crippen LogP contribution in [0, 0.1) is 3.57 Å². The first kappa shape index (κ1) is 13.3. The van der Waals surface area contributed by atoms with Gasteiger partial charge >= 0.3 is 0 Å². The number of benzene rings is 1. The second-order valence-electron chi connectivity index (χ2n) is 3.50. The average molecular weight is 419 g/mol. The van der Waals surface area contributed by atoms with Gasteiger partial charge in [0.25, 0.3) is 11.5 Å². The fourth-order valence-corrected chi connectivity index (χ4v) is 2.13. The van der Waals surface area contributed by atoms with Crippen molar-refractivity contribution in [2.24, 2.45) is 0 Å². The van der Waals surface area contributed by atoms with Gasteiger partial charge < -0.3 is 10.3 Å². The lowest BCUT2D eigenvalue weighted by molar-refractivity contribution is 0.102. The van der Waals surface area contributed by atoms with Crippen LogP contribution in [0.25, 0.3) is 0 Å². The number of nitrogens with one attached hydrogen (secondary N) is 2. The molecule has 18 heavy (non-hydrogen) atoms. The maximum atomic E-state index is 11.9. The highest BCUT2D eigenvalue weighted by atomic mass is 127. The van der Waals surface area contributed by atoms with Crippen LogP contribution in [0.1, 0.15) is 10.4 Å². The predicted molar refractivity (Wildman–Crippen MR) is 81.9 cm³/mol. The highest BCUT2D eigenvalue weighted by Crippen LogP contribution is 2.22. The molecular weight excluding hydrogens is 411 g/mol. The van der Waals surface area contributed by atoms with Crippen LogP contribution < -0.4 is 10.9 Å². The van der Waals surface area contributed by atoms with Crippen LogP contribution in [0.3, 0.4) is 0 Å². The molecule has 2 rings (SSSR count). The summed E-state index contributed by atoms with van der Waals surface area (Å²) in [5.74, 6) is -0.421. The van der Waals surface area contributed by atoms with Crippen molar-refractivity contribution in [1.82, 2.24) is 4.98 Å². The molecule has 0 unspecified atom stereocenters. The Bertz CT molecular complexity index is 655. The minimum atomic E-state index is -0.421. The van der Waals surface area contributed by atoms with Crippen molar-refractivity contribution < 1.29 is 4.79 Å². The van der Waals surface area contributed by atoms with E-state index in [1.807, 2.05) is 12.1 Å². The molecule has 0 aliphatic carbocycles. The molecule has 0 aliphatic rings. The lowest BCUT2D eigenvalue weighted by Gasteiger charge is -2.05. The number of H-pyrrole nitrogens is 1. The third-order valence-corrected chi connectivity index (χ3v) is 4.57. The van der Waals surface area contributed by atoms with Gasteiger partial charge in [-0.25, -0.2) is 0 Å². The average Bonchev–Trinajstić information content (AvgIpc) is 2.34. The molecule has 6 heteroatoms. The number of halogens is 2. The van der Waals surface area contributed by atoms with Crippen molar-refractivity contribution >= 4 is 50.1 Å². The monoisotopic (exact) mass is 418 g/mol. The summed E-state index contributed by atoms with van der Waals surface area (Å²) < 4.78 is 1.94. The Labute approximate surface area is 125 Å². The fourth-order valence-electron chi connectivity index (χ4n) is 1.37. The SMILES string of the molecule is O=C(Nc1ccc(Br)c(I)c1)c1ccc[nH]c1=O. The first-order valence-electron chi connectivity index (χ1n) is 5.02. The van der Waals surface area contributed by atoms with Crippen LogP contribution in [0.15, 0.2) is 45.8 Å². The Kier molecular flexibility index (Phi) is 4.18. The number of amides is 1. The molecule has 1 amide bonds. The van der Waals surface area contributed by atoms with Crippen molar-refractivity contribution in [2.75, 3.05) is 5.32 Å². The van der Waals surface area contributed by atoms with Gasteiger partial charge in [0.05, 0.1) is 0 Å². The van der Waals surface area contributed by atoms with E-state index in [2.05, 4.69) is 48.8 Å². The molecule has 0 atom stereocenters. The summed E-state index contributed by atoms with van der Waals surface area (Å²) in [6, 6.07) is 8.52. The molecule has 1 aromatic carbocycles. The lowest BCUT2D eigenvalue weighted by Crippen LogP contribution is -2.22. The lowest BCUT2D eigenvalue weighted by atomic mass is 10.2. The molecule has 0 bridgehead atoms. The first-order chi connectivity index (χ1) is 8.58. The number of carbonyl (C=O) groups is 1. The Balaban J connectivity index is 2.24. The van der Waals surface area contributed by atoms with E-state index in [9.17, 15) is 9.59 Å². The molecule has 0 aliphatic heterocycles. The third-order valence-electron chi connectivity index (χ3n) is 2.24. The van der Waals surface area contributed by atoms with Crippen molar-refractivity contribution in [3.8, 4) is 0 Å². The van der Waals surface area contributed by atoms with Gasteiger partial charge in [0, 0.05) is 19.9 Å². The number of hydrogen-bond donors (Lipinski definition) is 2. The molecule has 0 spiro atoms. The highest BCUT2D eigenvalue weighted by molar-refractivity contribution is 14.1. The Morgan fingerprint density at radius 1 is 1.33 bits per heavy atom. The second-order valence-corrected chi connectivity index (χ2v) is 5.51. The standard InChI is InChI=1S/C12H8BrIN2O2/c13-9-4-3-7(6-10(9)14)16-12(18)8-2-1-5-15-11(8)17/h1-6H,(H,15,17)(H,16,18). The maximum absolute atomic E-state index is 11.9. The summed E-state index contributed by atoms with van der Waals surface area (Å²) in [7, 11) is 0. The summed E-state index contributed by atoms with van der Waals surface area (Å²) in [4.78, 5) is 25.8. The number of hydrogen-bond acceptors (Lipinski definition) is 2. The molecule has 2 N–H and O–H groups in total. The van der Waals surface area contributed by atoms with Crippen LogP contribution >= 0.6 is 38.5 Å². The van der Waals surface area contributed by atoms with Crippen molar-refractivity contribution in [3.05, 3.63) is 60.5 Å². The third kappa shape index (κ3) is 2.99. The zero-order chi connectivity index (χ0) is 13.1. The van der Waals surface area contributed by atoms with Gasteiger partial charge in [-0.05, 0) is 68.9 Å². The molecule has 1 heterocycles. The summed E-state index contributed by atoms with van der Waals surface area (Å²) in [6.45, 7) is 0. The van der Waals surface area contributed by atoms with E-state index in [0.29, 0.717) is 5.69 Å². The number of rotatable bonds is 2. The van der Waals surface area contributed by atoms with Gasteiger partial charge in [0.1, 0.15) is 5.56 Å². The summed E-state index contributed by atoms with van der Waals surface area (Å²) in [5.41, 5.74) is 0.341. The zero-order valence-corrected chi connectivity index (χ0v) is 12.8. The number of pyridine rings is 1. The second kappa shape index (κ2) is 5.66. The largest absolute Gasteiger partial charge is 0.328 e. The van der Waals surface area contributed by atoms with Crippen molar-refractivity contribution in [1.29, 1.82) is 0 Å². The van der Waals surface area contributed by atoms with Crippen LogP contribution in [-0.4, -0.2) is 10.9 Å². The summed E-state index contributed by atoms with van der Waals surface area (Å²) in [6.07, 6.45) is 1.49. The molecule has 92 valence electrons. The zero-order valence-electron chi connectivity index (χ0n) is 9.04. The molecule has 0 saturated carbocycles. The summed E-state index contributed by atoms with van der Waals surface area (Å²) >= 11 is 5.53. The van der Waals surface area contributed by atoms with E-state index >= 15 is 0 Å². The van der Waals surface area contributed by atoms with E-state index in [1.165, 1.54) is 12.3 Å². The topological polar surface area (TPSA) is 62.0 Å². The number of carbonyl (C=O) groups excluding carboxylic acids is 1. The van der Waals surface area contributed by atoms with Gasteiger partial charge in [0.2, 0.25) is 0 Å². The first-order valence-corrected chi connectivity index (χ1v) is 6.89. The molecular formula is C12H8BrIN2O2. The molecule has 1 aromatic heterocycles. The van der Waals surface area contributed by atoms with E-state index in [0.717, 1.165) is 8.04 Å². The van der Waals surface area contributed by atoms with E-state index in [4.69, 9.17) is 0 Å². The fraction of sp³-hybridized carbons (Fsp3) is 0. The van der Waals surface area contributed by atoms with Crippen molar-refractivity contribution in [3.63, 3.8) is 0 Å². The Morgan fingerprint density at radius 2 is 2.11 bits per heavy atom. The van der Waals surface area contributed by atoms with Gasteiger partial charge in [-0.15, -0.1) is 0 Å². The van der Waals surface area contributed by atoms with E-state index < -0.39 is 11.5 Å². The summed E-state index contributed by atoms with van der Waals surface area (Å²) in [5, 5.41) is 2.68.